The third-order valence-corrected chi connectivity index (χ3v) is 8.12. The second-order valence-corrected chi connectivity index (χ2v) is 9.82. The van der Waals surface area contributed by atoms with Crippen LogP contribution in [0.1, 0.15) is 31.6 Å². The Morgan fingerprint density at radius 1 is 1.08 bits per heavy atom. The molecule has 2 aromatic carbocycles. The van der Waals surface area contributed by atoms with E-state index in [9.17, 15) is 4.79 Å². The average molecular weight is 390 g/mol. The molecule has 132 valence electrons. The molecule has 1 amide bonds. The van der Waals surface area contributed by atoms with Gasteiger partial charge in [-0.25, -0.2) is 0 Å². The standard InChI is InChI=1S/C20H23NOS3/c1-15-2-4-16(5-3-15)14-23-11-10-21-19(22)17-6-8-18(9-7-17)20-24-12-13-25-20/h2-9,20H,10-14H2,1H3,(H,21,22). The van der Waals surface area contributed by atoms with Gasteiger partial charge in [-0.05, 0) is 30.2 Å². The van der Waals surface area contributed by atoms with E-state index in [1.54, 1.807) is 0 Å². The number of carbonyl (C=O) groups excluding carboxylic acids is 1. The molecule has 1 aliphatic rings. The van der Waals surface area contributed by atoms with Crippen LogP contribution in [0.15, 0.2) is 48.5 Å². The molecule has 0 atom stereocenters. The van der Waals surface area contributed by atoms with Gasteiger partial charge in [0.2, 0.25) is 0 Å². The van der Waals surface area contributed by atoms with E-state index in [0.717, 1.165) is 17.1 Å². The summed E-state index contributed by atoms with van der Waals surface area (Å²) in [5.74, 6) is 4.37. The number of nitrogens with one attached hydrogen (secondary N) is 1. The maximum atomic E-state index is 12.2. The van der Waals surface area contributed by atoms with Gasteiger partial charge in [0.15, 0.2) is 0 Å². The van der Waals surface area contributed by atoms with Gasteiger partial charge in [0.05, 0.1) is 4.58 Å². The Hall–Kier alpha value is -1.04. The van der Waals surface area contributed by atoms with Crippen LogP contribution in [0, 0.1) is 6.92 Å². The zero-order chi connectivity index (χ0) is 17.5. The van der Waals surface area contributed by atoms with Crippen molar-refractivity contribution in [3.05, 3.63) is 70.8 Å². The molecule has 0 unspecified atom stereocenters. The average Bonchev–Trinajstić information content (AvgIpc) is 3.18. The van der Waals surface area contributed by atoms with Crippen molar-refractivity contribution in [2.24, 2.45) is 0 Å². The van der Waals surface area contributed by atoms with Gasteiger partial charge in [0, 0.05) is 35.1 Å². The van der Waals surface area contributed by atoms with Gasteiger partial charge in [-0.3, -0.25) is 4.79 Å². The summed E-state index contributed by atoms with van der Waals surface area (Å²) in [5.41, 5.74) is 4.69. The summed E-state index contributed by atoms with van der Waals surface area (Å²) >= 11 is 5.82. The van der Waals surface area contributed by atoms with E-state index in [0.29, 0.717) is 11.1 Å². The molecule has 5 heteroatoms. The minimum atomic E-state index is 0.0224. The molecule has 1 fully saturated rings. The smallest absolute Gasteiger partial charge is 0.251 e. The molecule has 0 aliphatic carbocycles. The summed E-state index contributed by atoms with van der Waals surface area (Å²) in [4.78, 5) is 12.2. The van der Waals surface area contributed by atoms with E-state index < -0.39 is 0 Å². The van der Waals surface area contributed by atoms with Crippen molar-refractivity contribution in [2.45, 2.75) is 17.3 Å². The van der Waals surface area contributed by atoms with Crippen molar-refractivity contribution in [3.63, 3.8) is 0 Å². The Morgan fingerprint density at radius 3 is 2.44 bits per heavy atom. The Labute approximate surface area is 162 Å². The van der Waals surface area contributed by atoms with Gasteiger partial charge in [-0.15, -0.1) is 23.5 Å². The third-order valence-electron chi connectivity index (χ3n) is 3.99. The fourth-order valence-electron chi connectivity index (χ4n) is 2.56. The summed E-state index contributed by atoms with van der Waals surface area (Å²) < 4.78 is 0.537. The topological polar surface area (TPSA) is 29.1 Å². The highest BCUT2D eigenvalue weighted by Crippen LogP contribution is 2.45. The number of benzene rings is 2. The van der Waals surface area contributed by atoms with E-state index >= 15 is 0 Å². The van der Waals surface area contributed by atoms with Crippen molar-refractivity contribution >= 4 is 41.2 Å². The Kier molecular flexibility index (Phi) is 7.20. The maximum Gasteiger partial charge on any atom is 0.251 e. The molecular weight excluding hydrogens is 366 g/mol. The predicted molar refractivity (Wildman–Crippen MR) is 114 cm³/mol. The number of thioether (sulfide) groups is 3. The quantitative estimate of drug-likeness (QED) is 0.664. The van der Waals surface area contributed by atoms with Gasteiger partial charge in [-0.1, -0.05) is 42.0 Å². The van der Waals surface area contributed by atoms with Crippen molar-refractivity contribution in [2.75, 3.05) is 23.8 Å². The maximum absolute atomic E-state index is 12.2. The second-order valence-electron chi connectivity index (χ2n) is 5.99. The molecule has 1 heterocycles. The molecule has 2 aromatic rings. The summed E-state index contributed by atoms with van der Waals surface area (Å²) in [6.07, 6.45) is 0. The van der Waals surface area contributed by atoms with Gasteiger partial charge in [0.1, 0.15) is 0 Å². The highest BCUT2D eigenvalue weighted by atomic mass is 32.2. The van der Waals surface area contributed by atoms with E-state index in [-0.39, 0.29) is 5.91 Å². The molecular formula is C20H23NOS3. The first kappa shape index (κ1) is 18.7. The van der Waals surface area contributed by atoms with Gasteiger partial charge >= 0.3 is 0 Å². The normalized spacial score (nSPS) is 14.6. The lowest BCUT2D eigenvalue weighted by Crippen LogP contribution is -2.25. The minimum Gasteiger partial charge on any atom is -0.351 e. The number of aryl methyl sites for hydroxylation is 1. The molecule has 0 saturated carbocycles. The molecule has 0 aromatic heterocycles. The molecule has 3 rings (SSSR count). The molecule has 2 nitrogen and oxygen atoms in total. The second kappa shape index (κ2) is 9.60. The van der Waals surface area contributed by atoms with Crippen LogP contribution in [-0.4, -0.2) is 29.7 Å². The van der Waals surface area contributed by atoms with E-state index in [1.165, 1.54) is 28.2 Å². The lowest BCUT2D eigenvalue weighted by Gasteiger charge is -2.09. The Balaban J connectivity index is 1.38. The van der Waals surface area contributed by atoms with E-state index in [2.05, 4.69) is 48.6 Å². The molecule has 1 aliphatic heterocycles. The van der Waals surface area contributed by atoms with Crippen LogP contribution in [0.5, 0.6) is 0 Å². The first-order valence-electron chi connectivity index (χ1n) is 8.47. The van der Waals surface area contributed by atoms with Crippen LogP contribution < -0.4 is 5.32 Å². The molecule has 1 N–H and O–H groups in total. The molecule has 0 radical (unpaired) electrons. The summed E-state index contributed by atoms with van der Waals surface area (Å²) in [6.45, 7) is 2.80. The first-order valence-corrected chi connectivity index (χ1v) is 11.7. The summed E-state index contributed by atoms with van der Waals surface area (Å²) in [6, 6.07) is 16.7. The Morgan fingerprint density at radius 2 is 1.76 bits per heavy atom. The zero-order valence-corrected chi connectivity index (χ0v) is 16.8. The highest BCUT2D eigenvalue weighted by molar-refractivity contribution is 8.19. The van der Waals surface area contributed by atoms with Crippen LogP contribution in [0.3, 0.4) is 0 Å². The number of hydrogen-bond acceptors (Lipinski definition) is 4. The van der Waals surface area contributed by atoms with Gasteiger partial charge in [0.25, 0.3) is 5.91 Å². The SMILES string of the molecule is Cc1ccc(CSCCNC(=O)c2ccc(C3SCCS3)cc2)cc1. The van der Waals surface area contributed by atoms with Crippen molar-refractivity contribution in [3.8, 4) is 0 Å². The molecule has 0 spiro atoms. The van der Waals surface area contributed by atoms with Crippen LogP contribution in [0.2, 0.25) is 0 Å². The largest absolute Gasteiger partial charge is 0.351 e. The van der Waals surface area contributed by atoms with Gasteiger partial charge in [-0.2, -0.15) is 11.8 Å². The van der Waals surface area contributed by atoms with E-state index in [1.807, 2.05) is 47.4 Å². The van der Waals surface area contributed by atoms with Crippen LogP contribution in [0.4, 0.5) is 0 Å². The van der Waals surface area contributed by atoms with E-state index in [4.69, 9.17) is 0 Å². The minimum absolute atomic E-state index is 0.0224. The fraction of sp³-hybridized carbons (Fsp3) is 0.350. The third kappa shape index (κ3) is 5.73. The molecule has 0 bridgehead atoms. The molecule has 25 heavy (non-hydrogen) atoms. The monoisotopic (exact) mass is 389 g/mol. The lowest BCUT2D eigenvalue weighted by atomic mass is 10.1. The number of amides is 1. The fourth-order valence-corrected chi connectivity index (χ4v) is 6.23. The number of rotatable bonds is 7. The first-order chi connectivity index (χ1) is 12.2. The number of carbonyl (C=O) groups is 1. The summed E-state index contributed by atoms with van der Waals surface area (Å²) in [7, 11) is 0. The highest BCUT2D eigenvalue weighted by Gasteiger charge is 2.18. The van der Waals surface area contributed by atoms with Crippen molar-refractivity contribution in [1.29, 1.82) is 0 Å². The van der Waals surface area contributed by atoms with Gasteiger partial charge < -0.3 is 5.32 Å². The van der Waals surface area contributed by atoms with Crippen molar-refractivity contribution in [1.82, 2.24) is 5.32 Å². The number of hydrogen-bond donors (Lipinski definition) is 1. The lowest BCUT2D eigenvalue weighted by molar-refractivity contribution is 0.0956. The van der Waals surface area contributed by atoms with Crippen LogP contribution in [0.25, 0.3) is 0 Å². The Bertz CT molecular complexity index is 679. The van der Waals surface area contributed by atoms with Crippen LogP contribution >= 0.6 is 35.3 Å². The molecule has 1 saturated heterocycles. The zero-order valence-electron chi connectivity index (χ0n) is 14.4. The van der Waals surface area contributed by atoms with Crippen molar-refractivity contribution < 1.29 is 4.79 Å². The predicted octanol–water partition coefficient (Wildman–Crippen LogP) is 5.14. The van der Waals surface area contributed by atoms with Crippen LogP contribution in [-0.2, 0) is 5.75 Å². The summed E-state index contributed by atoms with van der Waals surface area (Å²) in [5, 5.41) is 3.01.